The minimum Gasteiger partial charge on any atom is -0.389 e. The van der Waals surface area contributed by atoms with Crippen molar-refractivity contribution in [2.45, 2.75) is 31.8 Å². The van der Waals surface area contributed by atoms with E-state index in [0.717, 1.165) is 30.0 Å². The van der Waals surface area contributed by atoms with Crippen molar-refractivity contribution in [3.63, 3.8) is 0 Å². The van der Waals surface area contributed by atoms with Crippen molar-refractivity contribution in [2.24, 2.45) is 0 Å². The number of thiazole rings is 1. The van der Waals surface area contributed by atoms with Crippen LogP contribution in [0.1, 0.15) is 23.5 Å². The van der Waals surface area contributed by atoms with E-state index in [-0.39, 0.29) is 5.60 Å². The van der Waals surface area contributed by atoms with Crippen LogP contribution in [0, 0.1) is 6.92 Å². The molecule has 1 aromatic heterocycles. The van der Waals surface area contributed by atoms with Crippen molar-refractivity contribution >= 4 is 11.3 Å². The third-order valence-electron chi connectivity index (χ3n) is 2.00. The van der Waals surface area contributed by atoms with Crippen LogP contribution >= 0.6 is 11.3 Å². The van der Waals surface area contributed by atoms with Crippen LogP contribution in [0.3, 0.4) is 0 Å². The summed E-state index contributed by atoms with van der Waals surface area (Å²) in [5.74, 6) is 0. The first-order valence-electron chi connectivity index (χ1n) is 3.81. The molecule has 0 aromatic carbocycles. The molecule has 1 aromatic rings. The number of nitrogens with zero attached hydrogens (tertiary/aromatic N) is 1. The second-order valence-electron chi connectivity index (χ2n) is 3.26. The number of rotatable bonds is 2. The van der Waals surface area contributed by atoms with Crippen molar-refractivity contribution in [1.29, 1.82) is 0 Å². The van der Waals surface area contributed by atoms with Gasteiger partial charge in [0.25, 0.3) is 0 Å². The van der Waals surface area contributed by atoms with Crippen LogP contribution in [0.4, 0.5) is 0 Å². The predicted octanol–water partition coefficient (Wildman–Crippen LogP) is 1.52. The molecule has 1 aliphatic carbocycles. The monoisotopic (exact) mass is 169 g/mol. The summed E-state index contributed by atoms with van der Waals surface area (Å²) in [7, 11) is 0. The molecular weight excluding hydrogens is 158 g/mol. The van der Waals surface area contributed by atoms with Gasteiger partial charge in [-0.1, -0.05) is 0 Å². The Bertz CT molecular complexity index is 265. The number of hydrogen-bond donors (Lipinski definition) is 1. The van der Waals surface area contributed by atoms with E-state index in [0.29, 0.717) is 0 Å². The first-order valence-corrected chi connectivity index (χ1v) is 4.69. The summed E-state index contributed by atoms with van der Waals surface area (Å²) in [4.78, 5) is 4.29. The second-order valence-corrected chi connectivity index (χ2v) is 4.32. The lowest BCUT2D eigenvalue weighted by Gasteiger charge is -2.02. The Balaban J connectivity index is 2.06. The molecule has 0 amide bonds. The Morgan fingerprint density at radius 3 is 2.91 bits per heavy atom. The minimum atomic E-state index is -0.388. The van der Waals surface area contributed by atoms with Gasteiger partial charge in [0.05, 0.1) is 16.3 Å². The van der Waals surface area contributed by atoms with Gasteiger partial charge in [0.2, 0.25) is 0 Å². The van der Waals surface area contributed by atoms with Gasteiger partial charge in [0, 0.05) is 11.8 Å². The molecule has 0 spiro atoms. The van der Waals surface area contributed by atoms with E-state index in [9.17, 15) is 5.11 Å². The molecule has 60 valence electrons. The highest BCUT2D eigenvalue weighted by molar-refractivity contribution is 7.09. The van der Waals surface area contributed by atoms with Crippen LogP contribution in [-0.2, 0) is 6.42 Å². The van der Waals surface area contributed by atoms with Gasteiger partial charge in [0.1, 0.15) is 0 Å². The molecule has 0 bridgehead atoms. The summed E-state index contributed by atoms with van der Waals surface area (Å²) >= 11 is 1.65. The van der Waals surface area contributed by atoms with Crippen LogP contribution in [0.5, 0.6) is 0 Å². The Morgan fingerprint density at radius 2 is 2.45 bits per heavy atom. The largest absolute Gasteiger partial charge is 0.389 e. The molecule has 2 nitrogen and oxygen atoms in total. The first-order chi connectivity index (χ1) is 5.18. The molecule has 1 saturated carbocycles. The summed E-state index contributed by atoms with van der Waals surface area (Å²) < 4.78 is 0. The van der Waals surface area contributed by atoms with Crippen molar-refractivity contribution in [1.82, 2.24) is 4.98 Å². The average molecular weight is 169 g/mol. The zero-order valence-electron chi connectivity index (χ0n) is 6.50. The summed E-state index contributed by atoms with van der Waals surface area (Å²) in [5.41, 5.74) is 0.660. The highest BCUT2D eigenvalue weighted by Gasteiger charge is 2.40. The molecule has 0 saturated heterocycles. The summed E-state index contributed by atoms with van der Waals surface area (Å²) in [6.07, 6.45) is 2.64. The van der Waals surface area contributed by atoms with Gasteiger partial charge in [-0.3, -0.25) is 0 Å². The van der Waals surface area contributed by atoms with Crippen LogP contribution in [0.15, 0.2) is 5.38 Å². The van der Waals surface area contributed by atoms with Crippen LogP contribution in [-0.4, -0.2) is 15.7 Å². The maximum atomic E-state index is 9.56. The summed E-state index contributed by atoms with van der Waals surface area (Å²) in [5, 5.41) is 12.7. The lowest BCUT2D eigenvalue weighted by Crippen LogP contribution is -2.10. The molecule has 1 N–H and O–H groups in total. The van der Waals surface area contributed by atoms with E-state index >= 15 is 0 Å². The number of hydrogen-bond acceptors (Lipinski definition) is 3. The first kappa shape index (κ1) is 7.25. The molecule has 1 aliphatic rings. The third kappa shape index (κ3) is 1.60. The second kappa shape index (κ2) is 2.29. The zero-order valence-corrected chi connectivity index (χ0v) is 7.32. The van der Waals surface area contributed by atoms with Gasteiger partial charge in [0.15, 0.2) is 0 Å². The normalized spacial score (nSPS) is 20.2. The Hall–Kier alpha value is -0.410. The topological polar surface area (TPSA) is 33.1 Å². The fraction of sp³-hybridized carbons (Fsp3) is 0.625. The molecular formula is C8H11NOS. The standard InChI is InChI=1S/C8H11NOS/c1-6-9-7(5-11-6)4-8(10)2-3-8/h5,10H,2-4H2,1H3. The average Bonchev–Trinajstić information content (AvgIpc) is 2.49. The smallest absolute Gasteiger partial charge is 0.0897 e. The van der Waals surface area contributed by atoms with E-state index in [2.05, 4.69) is 4.98 Å². The maximum Gasteiger partial charge on any atom is 0.0897 e. The van der Waals surface area contributed by atoms with E-state index in [1.807, 2.05) is 12.3 Å². The van der Waals surface area contributed by atoms with Crippen molar-refractivity contribution in [2.75, 3.05) is 0 Å². The fourth-order valence-corrected chi connectivity index (χ4v) is 1.76. The lowest BCUT2D eigenvalue weighted by atomic mass is 10.2. The maximum absolute atomic E-state index is 9.56. The molecule has 0 aliphatic heterocycles. The predicted molar refractivity (Wildman–Crippen MR) is 44.7 cm³/mol. The van der Waals surface area contributed by atoms with Crippen molar-refractivity contribution < 1.29 is 5.11 Å². The number of aliphatic hydroxyl groups is 1. The van der Waals surface area contributed by atoms with E-state index in [4.69, 9.17) is 0 Å². The van der Waals surface area contributed by atoms with Gasteiger partial charge in [-0.05, 0) is 19.8 Å². The number of aromatic nitrogens is 1. The number of aryl methyl sites for hydroxylation is 1. The minimum absolute atomic E-state index is 0.388. The van der Waals surface area contributed by atoms with E-state index < -0.39 is 0 Å². The third-order valence-corrected chi connectivity index (χ3v) is 2.83. The molecule has 2 rings (SSSR count). The summed E-state index contributed by atoms with van der Waals surface area (Å²) in [6.45, 7) is 1.99. The van der Waals surface area contributed by atoms with Gasteiger partial charge in [-0.25, -0.2) is 4.98 Å². The lowest BCUT2D eigenvalue weighted by molar-refractivity contribution is 0.150. The van der Waals surface area contributed by atoms with Gasteiger partial charge >= 0.3 is 0 Å². The Labute approximate surface area is 69.9 Å². The highest BCUT2D eigenvalue weighted by Crippen LogP contribution is 2.38. The van der Waals surface area contributed by atoms with Crippen LogP contribution < -0.4 is 0 Å². The zero-order chi connectivity index (χ0) is 7.90. The van der Waals surface area contributed by atoms with Gasteiger partial charge in [-0.2, -0.15) is 0 Å². The van der Waals surface area contributed by atoms with Crippen molar-refractivity contribution in [3.05, 3.63) is 16.1 Å². The molecule has 3 heteroatoms. The summed E-state index contributed by atoms with van der Waals surface area (Å²) in [6, 6.07) is 0. The van der Waals surface area contributed by atoms with Crippen LogP contribution in [0.2, 0.25) is 0 Å². The fourth-order valence-electron chi connectivity index (χ4n) is 1.15. The molecule has 1 heterocycles. The quantitative estimate of drug-likeness (QED) is 0.728. The molecule has 0 radical (unpaired) electrons. The van der Waals surface area contributed by atoms with Crippen LogP contribution in [0.25, 0.3) is 0 Å². The Kier molecular flexibility index (Phi) is 1.51. The SMILES string of the molecule is Cc1nc(CC2(O)CC2)cs1. The van der Waals surface area contributed by atoms with Gasteiger partial charge in [-0.15, -0.1) is 11.3 Å². The van der Waals surface area contributed by atoms with E-state index in [1.165, 1.54) is 0 Å². The van der Waals surface area contributed by atoms with E-state index in [1.54, 1.807) is 11.3 Å². The molecule has 0 atom stereocenters. The molecule has 0 unspecified atom stereocenters. The molecule has 11 heavy (non-hydrogen) atoms. The Morgan fingerprint density at radius 1 is 1.73 bits per heavy atom. The highest BCUT2D eigenvalue weighted by atomic mass is 32.1. The van der Waals surface area contributed by atoms with Gasteiger partial charge < -0.3 is 5.11 Å². The van der Waals surface area contributed by atoms with Crippen molar-refractivity contribution in [3.8, 4) is 0 Å². The molecule has 1 fully saturated rings.